The quantitative estimate of drug-likeness (QED) is 0.599. The van der Waals surface area contributed by atoms with Gasteiger partial charge in [0.15, 0.2) is 0 Å². The minimum absolute atomic E-state index is 0.178. The minimum Gasteiger partial charge on any atom is -0.466 e. The van der Waals surface area contributed by atoms with Gasteiger partial charge in [0.25, 0.3) is 0 Å². The van der Waals surface area contributed by atoms with Gasteiger partial charge >= 0.3 is 5.97 Å². The van der Waals surface area contributed by atoms with Gasteiger partial charge < -0.3 is 15.4 Å². The largest absolute Gasteiger partial charge is 0.466 e. The van der Waals surface area contributed by atoms with E-state index in [0.29, 0.717) is 19.7 Å². The van der Waals surface area contributed by atoms with Crippen LogP contribution >= 0.6 is 0 Å². The van der Waals surface area contributed by atoms with Gasteiger partial charge in [0.2, 0.25) is 0 Å². The first-order chi connectivity index (χ1) is 5.74. The topological polar surface area (TPSA) is 50.4 Å². The lowest BCUT2D eigenvalue weighted by Crippen LogP contribution is -2.16. The molecular formula is C8H14N2O2. The fraction of sp³-hybridized carbons (Fsp3) is 0.625. The summed E-state index contributed by atoms with van der Waals surface area (Å²) in [5.41, 5.74) is 1.97. The number of nitrogens with one attached hydrogen (secondary N) is 2. The highest BCUT2D eigenvalue weighted by Gasteiger charge is 2.13. The van der Waals surface area contributed by atoms with Gasteiger partial charge in [0.1, 0.15) is 0 Å². The van der Waals surface area contributed by atoms with Crippen LogP contribution in [0.25, 0.3) is 0 Å². The Morgan fingerprint density at radius 3 is 2.83 bits per heavy atom. The number of carbonyl (C=O) groups is 1. The normalized spacial score (nSPS) is 15.5. The minimum atomic E-state index is -0.178. The van der Waals surface area contributed by atoms with Crippen molar-refractivity contribution in [2.24, 2.45) is 0 Å². The Kier molecular flexibility index (Phi) is 2.96. The molecule has 4 heteroatoms. The lowest BCUT2D eigenvalue weighted by Gasteiger charge is -2.03. The van der Waals surface area contributed by atoms with Crippen molar-refractivity contribution in [2.75, 3.05) is 13.3 Å². The maximum absolute atomic E-state index is 11.0. The average molecular weight is 170 g/mol. The summed E-state index contributed by atoms with van der Waals surface area (Å²) in [6.45, 7) is 4.90. The maximum Gasteiger partial charge on any atom is 0.311 e. The molecule has 0 saturated carbocycles. The summed E-state index contributed by atoms with van der Waals surface area (Å²) in [7, 11) is 0. The molecule has 1 heterocycles. The van der Waals surface area contributed by atoms with Crippen molar-refractivity contribution in [3.05, 3.63) is 11.4 Å². The molecule has 4 nitrogen and oxygen atoms in total. The molecule has 0 aromatic rings. The van der Waals surface area contributed by atoms with Crippen molar-refractivity contribution >= 4 is 5.97 Å². The van der Waals surface area contributed by atoms with E-state index in [-0.39, 0.29) is 5.97 Å². The molecule has 0 radical (unpaired) electrons. The van der Waals surface area contributed by atoms with Crippen LogP contribution in [0.15, 0.2) is 11.4 Å². The van der Waals surface area contributed by atoms with Crippen LogP contribution in [-0.2, 0) is 9.53 Å². The van der Waals surface area contributed by atoms with Crippen molar-refractivity contribution in [3.8, 4) is 0 Å². The predicted octanol–water partition coefficient (Wildman–Crippen LogP) is 0.321. The summed E-state index contributed by atoms with van der Waals surface area (Å²) in [5.74, 6) is -0.178. The van der Waals surface area contributed by atoms with Gasteiger partial charge in [-0.15, -0.1) is 0 Å². The molecule has 1 aliphatic rings. The summed E-state index contributed by atoms with van der Waals surface area (Å²) >= 11 is 0. The standard InChI is InChI=1S/C8H14N2O2/c1-3-12-8(11)4-7-6(2)9-5-10-7/h9-10H,3-5H2,1-2H3. The van der Waals surface area contributed by atoms with E-state index in [1.54, 1.807) is 6.92 Å². The zero-order valence-corrected chi connectivity index (χ0v) is 7.44. The molecule has 68 valence electrons. The molecule has 12 heavy (non-hydrogen) atoms. The van der Waals surface area contributed by atoms with E-state index in [4.69, 9.17) is 4.74 Å². The van der Waals surface area contributed by atoms with Gasteiger partial charge in [0, 0.05) is 11.4 Å². The number of hydrogen-bond donors (Lipinski definition) is 2. The predicted molar refractivity (Wildman–Crippen MR) is 45.1 cm³/mol. The molecule has 0 bridgehead atoms. The van der Waals surface area contributed by atoms with E-state index in [0.717, 1.165) is 11.4 Å². The number of ether oxygens (including phenoxy) is 1. The Hall–Kier alpha value is -1.19. The maximum atomic E-state index is 11.0. The first kappa shape index (κ1) is 8.90. The fourth-order valence-corrected chi connectivity index (χ4v) is 1.07. The van der Waals surface area contributed by atoms with Crippen LogP contribution < -0.4 is 10.6 Å². The molecule has 0 fully saturated rings. The van der Waals surface area contributed by atoms with Crippen LogP contribution in [0.1, 0.15) is 20.3 Å². The first-order valence-electron chi connectivity index (χ1n) is 4.07. The van der Waals surface area contributed by atoms with Gasteiger partial charge in [-0.25, -0.2) is 0 Å². The first-order valence-corrected chi connectivity index (χ1v) is 4.07. The van der Waals surface area contributed by atoms with Crippen molar-refractivity contribution < 1.29 is 9.53 Å². The molecule has 0 amide bonds. The SMILES string of the molecule is CCOC(=O)CC1=C(C)NCN1. The third-order valence-electron chi connectivity index (χ3n) is 1.73. The smallest absolute Gasteiger partial charge is 0.311 e. The van der Waals surface area contributed by atoms with Crippen LogP contribution in [0.4, 0.5) is 0 Å². The monoisotopic (exact) mass is 170 g/mol. The molecule has 2 N–H and O–H groups in total. The van der Waals surface area contributed by atoms with Crippen LogP contribution in [0, 0.1) is 0 Å². The second kappa shape index (κ2) is 3.99. The lowest BCUT2D eigenvalue weighted by molar-refractivity contribution is -0.142. The van der Waals surface area contributed by atoms with Crippen LogP contribution in [0.2, 0.25) is 0 Å². The Labute approximate surface area is 72.0 Å². The molecule has 0 saturated heterocycles. The van der Waals surface area contributed by atoms with E-state index < -0.39 is 0 Å². The van der Waals surface area contributed by atoms with E-state index in [2.05, 4.69) is 10.6 Å². The molecular weight excluding hydrogens is 156 g/mol. The Balaban J connectivity index is 2.40. The molecule has 0 spiro atoms. The van der Waals surface area contributed by atoms with Gasteiger partial charge in [-0.05, 0) is 13.8 Å². The second-order valence-electron chi connectivity index (χ2n) is 2.62. The third-order valence-corrected chi connectivity index (χ3v) is 1.73. The molecule has 1 aliphatic heterocycles. The summed E-state index contributed by atoms with van der Waals surface area (Å²) < 4.78 is 4.81. The highest BCUT2D eigenvalue weighted by atomic mass is 16.5. The summed E-state index contributed by atoms with van der Waals surface area (Å²) in [4.78, 5) is 11.0. The second-order valence-corrected chi connectivity index (χ2v) is 2.62. The lowest BCUT2D eigenvalue weighted by atomic mass is 10.3. The highest BCUT2D eigenvalue weighted by Crippen LogP contribution is 2.07. The highest BCUT2D eigenvalue weighted by molar-refractivity contribution is 5.72. The number of hydrogen-bond acceptors (Lipinski definition) is 4. The van der Waals surface area contributed by atoms with Gasteiger partial charge in [0.05, 0.1) is 19.7 Å². The van der Waals surface area contributed by atoms with Crippen LogP contribution in [0.5, 0.6) is 0 Å². The zero-order valence-electron chi connectivity index (χ0n) is 7.44. The van der Waals surface area contributed by atoms with Crippen LogP contribution in [0.3, 0.4) is 0 Å². The van der Waals surface area contributed by atoms with E-state index in [1.807, 2.05) is 6.92 Å². The number of esters is 1. The van der Waals surface area contributed by atoms with Gasteiger partial charge in [-0.2, -0.15) is 0 Å². The van der Waals surface area contributed by atoms with E-state index in [9.17, 15) is 4.79 Å². The Morgan fingerprint density at radius 2 is 2.33 bits per heavy atom. The van der Waals surface area contributed by atoms with Crippen molar-refractivity contribution in [1.82, 2.24) is 10.6 Å². The molecule has 0 unspecified atom stereocenters. The number of allylic oxidation sites excluding steroid dienone is 1. The average Bonchev–Trinajstić information content (AvgIpc) is 2.37. The molecule has 0 aromatic heterocycles. The summed E-state index contributed by atoms with van der Waals surface area (Å²) in [6.07, 6.45) is 0.340. The van der Waals surface area contributed by atoms with E-state index >= 15 is 0 Å². The molecule has 1 rings (SSSR count). The molecule has 0 aliphatic carbocycles. The van der Waals surface area contributed by atoms with Crippen molar-refractivity contribution in [1.29, 1.82) is 0 Å². The summed E-state index contributed by atoms with van der Waals surface area (Å²) in [5, 5.41) is 6.14. The Morgan fingerprint density at radius 1 is 1.58 bits per heavy atom. The zero-order chi connectivity index (χ0) is 8.97. The fourth-order valence-electron chi connectivity index (χ4n) is 1.07. The van der Waals surface area contributed by atoms with Crippen molar-refractivity contribution in [2.45, 2.75) is 20.3 Å². The summed E-state index contributed by atoms with van der Waals surface area (Å²) in [6, 6.07) is 0. The van der Waals surface area contributed by atoms with Gasteiger partial charge in [-0.1, -0.05) is 0 Å². The van der Waals surface area contributed by atoms with Gasteiger partial charge in [-0.3, -0.25) is 4.79 Å². The number of carbonyl (C=O) groups excluding carboxylic acids is 1. The Bertz CT molecular complexity index is 211. The van der Waals surface area contributed by atoms with Crippen molar-refractivity contribution in [3.63, 3.8) is 0 Å². The molecule has 0 aromatic carbocycles. The number of rotatable bonds is 3. The van der Waals surface area contributed by atoms with E-state index in [1.165, 1.54) is 0 Å². The van der Waals surface area contributed by atoms with Crippen LogP contribution in [-0.4, -0.2) is 19.2 Å². The molecule has 0 atom stereocenters. The third kappa shape index (κ3) is 2.15.